The summed E-state index contributed by atoms with van der Waals surface area (Å²) in [6.07, 6.45) is 0. The molecule has 0 saturated carbocycles. The Bertz CT molecular complexity index is 453. The number of thiocarbonyl (C=S) groups is 1. The first kappa shape index (κ1) is 14.4. The van der Waals surface area contributed by atoms with Crippen LogP contribution in [0.25, 0.3) is 0 Å². The van der Waals surface area contributed by atoms with Gasteiger partial charge in [-0.25, -0.2) is 0 Å². The van der Waals surface area contributed by atoms with Crippen molar-refractivity contribution in [3.05, 3.63) is 33.3 Å². The molecule has 1 unspecified atom stereocenters. The van der Waals surface area contributed by atoms with E-state index in [0.717, 1.165) is 0 Å². The molecule has 3 nitrogen and oxygen atoms in total. The van der Waals surface area contributed by atoms with Crippen LogP contribution >= 0.6 is 39.7 Å². The van der Waals surface area contributed by atoms with Gasteiger partial charge in [-0.15, -0.1) is 0 Å². The molecule has 0 aliphatic rings. The molecule has 1 atom stereocenters. The van der Waals surface area contributed by atoms with Gasteiger partial charge >= 0.3 is 0 Å². The summed E-state index contributed by atoms with van der Waals surface area (Å²) < 4.78 is 0.658. The highest BCUT2D eigenvalue weighted by Gasteiger charge is 2.12. The van der Waals surface area contributed by atoms with Gasteiger partial charge in [0.05, 0.1) is 10.6 Å². The van der Waals surface area contributed by atoms with Gasteiger partial charge in [-0.05, 0) is 34.1 Å². The van der Waals surface area contributed by atoms with Crippen LogP contribution in [0.2, 0.25) is 5.02 Å². The lowest BCUT2D eigenvalue weighted by molar-refractivity contribution is 0.0950. The largest absolute Gasteiger partial charge is 0.393 e. The Morgan fingerprint density at radius 3 is 2.82 bits per heavy atom. The second kappa shape index (κ2) is 6.33. The molecule has 0 spiro atoms. The average Bonchev–Trinajstić information content (AvgIpc) is 2.25. The zero-order valence-corrected chi connectivity index (χ0v) is 12.3. The van der Waals surface area contributed by atoms with Crippen molar-refractivity contribution in [1.29, 1.82) is 0 Å². The minimum Gasteiger partial charge on any atom is -0.393 e. The van der Waals surface area contributed by atoms with Crippen LogP contribution in [-0.2, 0) is 0 Å². The van der Waals surface area contributed by atoms with Gasteiger partial charge in [0.15, 0.2) is 0 Å². The van der Waals surface area contributed by atoms with Gasteiger partial charge in [-0.1, -0.05) is 30.7 Å². The Hall–Kier alpha value is -0.650. The molecule has 92 valence electrons. The Morgan fingerprint density at radius 1 is 1.65 bits per heavy atom. The molecule has 0 aromatic heterocycles. The van der Waals surface area contributed by atoms with Crippen molar-refractivity contribution in [2.24, 2.45) is 11.7 Å². The molecule has 1 rings (SSSR count). The van der Waals surface area contributed by atoms with E-state index in [1.54, 1.807) is 18.2 Å². The molecule has 6 heteroatoms. The molecule has 1 aromatic rings. The molecular formula is C11H12BrClN2OS. The van der Waals surface area contributed by atoms with Crippen LogP contribution in [-0.4, -0.2) is 17.4 Å². The van der Waals surface area contributed by atoms with Crippen LogP contribution in [0.4, 0.5) is 0 Å². The number of nitrogens with one attached hydrogen (secondary N) is 1. The Morgan fingerprint density at radius 2 is 2.29 bits per heavy atom. The number of rotatable bonds is 4. The fourth-order valence-corrected chi connectivity index (χ4v) is 2.06. The van der Waals surface area contributed by atoms with Crippen LogP contribution < -0.4 is 11.1 Å². The van der Waals surface area contributed by atoms with Crippen molar-refractivity contribution in [3.63, 3.8) is 0 Å². The van der Waals surface area contributed by atoms with Crippen LogP contribution in [0.5, 0.6) is 0 Å². The number of halogens is 2. The third-order valence-corrected chi connectivity index (χ3v) is 3.52. The molecular weight excluding hydrogens is 324 g/mol. The van der Waals surface area contributed by atoms with Gasteiger partial charge in [0.1, 0.15) is 0 Å². The molecule has 0 aliphatic heterocycles. The van der Waals surface area contributed by atoms with Crippen LogP contribution in [0, 0.1) is 5.92 Å². The van der Waals surface area contributed by atoms with E-state index in [-0.39, 0.29) is 11.8 Å². The number of carbonyl (C=O) groups excluding carboxylic acids is 1. The first-order valence-electron chi connectivity index (χ1n) is 4.94. The van der Waals surface area contributed by atoms with E-state index in [2.05, 4.69) is 21.2 Å². The van der Waals surface area contributed by atoms with Crippen LogP contribution in [0.15, 0.2) is 22.7 Å². The highest BCUT2D eigenvalue weighted by molar-refractivity contribution is 9.10. The summed E-state index contributed by atoms with van der Waals surface area (Å²) in [5, 5.41) is 3.33. The van der Waals surface area contributed by atoms with Crippen molar-refractivity contribution in [3.8, 4) is 0 Å². The quantitative estimate of drug-likeness (QED) is 0.832. The Kier molecular flexibility index (Phi) is 5.36. The highest BCUT2D eigenvalue weighted by atomic mass is 79.9. The third kappa shape index (κ3) is 4.26. The number of nitrogens with two attached hydrogens (primary N) is 1. The van der Waals surface area contributed by atoms with Gasteiger partial charge in [-0.3, -0.25) is 4.79 Å². The number of amides is 1. The predicted molar refractivity (Wildman–Crippen MR) is 77.4 cm³/mol. The number of carbonyl (C=O) groups is 1. The van der Waals surface area contributed by atoms with Crippen LogP contribution in [0.3, 0.4) is 0 Å². The lowest BCUT2D eigenvalue weighted by atomic mass is 10.1. The average molecular weight is 336 g/mol. The lowest BCUT2D eigenvalue weighted by Gasteiger charge is -2.11. The van der Waals surface area contributed by atoms with Gasteiger partial charge in [-0.2, -0.15) is 0 Å². The molecule has 1 aromatic carbocycles. The molecule has 0 saturated heterocycles. The third-order valence-electron chi connectivity index (χ3n) is 2.23. The minimum absolute atomic E-state index is 0.0278. The van der Waals surface area contributed by atoms with Crippen molar-refractivity contribution in [1.82, 2.24) is 5.32 Å². The molecule has 0 heterocycles. The molecule has 0 fully saturated rings. The standard InChI is InChI=1S/C11H12BrClN2OS/c1-6(10(14)17)5-15-11(16)8-3-2-7(13)4-9(8)12/h2-4,6H,5H2,1H3,(H2,14,17)(H,15,16). The Balaban J connectivity index is 2.67. The number of benzene rings is 1. The monoisotopic (exact) mass is 334 g/mol. The first-order chi connectivity index (χ1) is 7.91. The second-order valence-electron chi connectivity index (χ2n) is 3.64. The van der Waals surface area contributed by atoms with E-state index in [4.69, 9.17) is 29.6 Å². The zero-order chi connectivity index (χ0) is 13.0. The van der Waals surface area contributed by atoms with Crippen molar-refractivity contribution in [2.75, 3.05) is 6.54 Å². The van der Waals surface area contributed by atoms with E-state index in [1.165, 1.54) is 0 Å². The molecule has 0 bridgehead atoms. The van der Waals surface area contributed by atoms with E-state index < -0.39 is 0 Å². The van der Waals surface area contributed by atoms with E-state index >= 15 is 0 Å². The Labute approximate surface area is 119 Å². The zero-order valence-electron chi connectivity index (χ0n) is 9.17. The van der Waals surface area contributed by atoms with Crippen molar-refractivity contribution in [2.45, 2.75) is 6.92 Å². The fraction of sp³-hybridized carbons (Fsp3) is 0.273. The van der Waals surface area contributed by atoms with Crippen molar-refractivity contribution >= 4 is 50.6 Å². The normalized spacial score (nSPS) is 11.9. The minimum atomic E-state index is -0.184. The molecule has 0 radical (unpaired) electrons. The van der Waals surface area contributed by atoms with E-state index in [0.29, 0.717) is 26.6 Å². The first-order valence-corrected chi connectivity index (χ1v) is 6.52. The molecule has 3 N–H and O–H groups in total. The van der Waals surface area contributed by atoms with Gasteiger partial charge in [0.2, 0.25) is 0 Å². The maximum Gasteiger partial charge on any atom is 0.252 e. The predicted octanol–water partition coefficient (Wildman–Crippen LogP) is 2.75. The van der Waals surface area contributed by atoms with Gasteiger partial charge in [0.25, 0.3) is 5.91 Å². The maximum absolute atomic E-state index is 11.8. The summed E-state index contributed by atoms with van der Waals surface area (Å²) in [6.45, 7) is 2.28. The molecule has 0 aliphatic carbocycles. The summed E-state index contributed by atoms with van der Waals surface area (Å²) in [7, 11) is 0. The second-order valence-corrected chi connectivity index (χ2v) is 5.40. The van der Waals surface area contributed by atoms with Gasteiger partial charge < -0.3 is 11.1 Å². The maximum atomic E-state index is 11.8. The van der Waals surface area contributed by atoms with E-state index in [1.807, 2.05) is 6.92 Å². The SMILES string of the molecule is CC(CNC(=O)c1ccc(Cl)cc1Br)C(N)=S. The summed E-state index contributed by atoms with van der Waals surface area (Å²) in [6, 6.07) is 5.00. The van der Waals surface area contributed by atoms with Crippen LogP contribution in [0.1, 0.15) is 17.3 Å². The number of hydrogen-bond donors (Lipinski definition) is 2. The fourth-order valence-electron chi connectivity index (χ4n) is 1.12. The molecule has 17 heavy (non-hydrogen) atoms. The van der Waals surface area contributed by atoms with E-state index in [9.17, 15) is 4.79 Å². The lowest BCUT2D eigenvalue weighted by Crippen LogP contribution is -2.33. The van der Waals surface area contributed by atoms with Crippen molar-refractivity contribution < 1.29 is 4.79 Å². The summed E-state index contributed by atoms with van der Waals surface area (Å²) in [4.78, 5) is 12.2. The summed E-state index contributed by atoms with van der Waals surface area (Å²) in [5.74, 6) is -0.211. The summed E-state index contributed by atoms with van der Waals surface area (Å²) in [5.41, 5.74) is 6.00. The topological polar surface area (TPSA) is 55.1 Å². The van der Waals surface area contributed by atoms with Gasteiger partial charge in [0, 0.05) is 22.0 Å². The molecule has 1 amide bonds. The summed E-state index contributed by atoms with van der Waals surface area (Å²) >= 11 is 13.9. The smallest absolute Gasteiger partial charge is 0.252 e. The highest BCUT2D eigenvalue weighted by Crippen LogP contribution is 2.21. The number of hydrogen-bond acceptors (Lipinski definition) is 2.